The summed E-state index contributed by atoms with van der Waals surface area (Å²) in [4.78, 5) is 25.3. The van der Waals surface area contributed by atoms with E-state index in [2.05, 4.69) is 13.8 Å². The fourth-order valence-electron chi connectivity index (χ4n) is 3.40. The number of piperidine rings is 1. The van der Waals surface area contributed by atoms with Crippen LogP contribution < -0.4 is 0 Å². The molecule has 1 amide bonds. The Morgan fingerprint density at radius 2 is 1.72 bits per heavy atom. The summed E-state index contributed by atoms with van der Waals surface area (Å²) in [7, 11) is 0. The van der Waals surface area contributed by atoms with Gasteiger partial charge in [-0.3, -0.25) is 9.59 Å². The summed E-state index contributed by atoms with van der Waals surface area (Å²) in [5.74, 6) is -0.219. The number of likely N-dealkylation sites (tertiary alicyclic amines) is 1. The standard InChI is InChI=1S/C14H23NO3/c1-9-5-6-15(10(2)7-9)13(16)11-3-4-12(8-11)14(17)18/h9-12H,3-8H2,1-2H3,(H,17,18). The highest BCUT2D eigenvalue weighted by atomic mass is 16.4. The number of nitrogens with zero attached hydrogens (tertiary/aromatic N) is 1. The lowest BCUT2D eigenvalue weighted by Crippen LogP contribution is -2.46. The molecule has 0 bridgehead atoms. The number of rotatable bonds is 2. The highest BCUT2D eigenvalue weighted by Crippen LogP contribution is 2.34. The molecule has 2 rings (SSSR count). The van der Waals surface area contributed by atoms with Crippen LogP contribution in [0.25, 0.3) is 0 Å². The Morgan fingerprint density at radius 3 is 2.28 bits per heavy atom. The lowest BCUT2D eigenvalue weighted by Gasteiger charge is -2.38. The van der Waals surface area contributed by atoms with Crippen LogP contribution in [-0.2, 0) is 9.59 Å². The predicted molar refractivity (Wildman–Crippen MR) is 68.0 cm³/mol. The van der Waals surface area contributed by atoms with Gasteiger partial charge in [0, 0.05) is 18.5 Å². The number of amides is 1. The van der Waals surface area contributed by atoms with E-state index in [4.69, 9.17) is 5.11 Å². The molecular weight excluding hydrogens is 230 g/mol. The number of aliphatic carboxylic acids is 1. The van der Waals surface area contributed by atoms with E-state index in [9.17, 15) is 9.59 Å². The van der Waals surface area contributed by atoms with Crippen LogP contribution in [-0.4, -0.2) is 34.5 Å². The summed E-state index contributed by atoms with van der Waals surface area (Å²) in [5, 5.41) is 8.98. The smallest absolute Gasteiger partial charge is 0.306 e. The van der Waals surface area contributed by atoms with Crippen molar-refractivity contribution in [2.45, 2.75) is 52.0 Å². The van der Waals surface area contributed by atoms with E-state index >= 15 is 0 Å². The summed E-state index contributed by atoms with van der Waals surface area (Å²) in [6.07, 6.45) is 4.08. The first-order chi connectivity index (χ1) is 8.49. The molecule has 2 aliphatic rings. The van der Waals surface area contributed by atoms with Crippen LogP contribution in [0.2, 0.25) is 0 Å². The van der Waals surface area contributed by atoms with Crippen molar-refractivity contribution >= 4 is 11.9 Å². The second-order valence-electron chi connectivity index (χ2n) is 6.06. The Labute approximate surface area is 108 Å². The van der Waals surface area contributed by atoms with Gasteiger partial charge in [-0.15, -0.1) is 0 Å². The first kappa shape index (κ1) is 13.4. The Morgan fingerprint density at radius 1 is 1.06 bits per heavy atom. The van der Waals surface area contributed by atoms with Gasteiger partial charge in [0.05, 0.1) is 5.92 Å². The van der Waals surface area contributed by atoms with E-state index in [1.807, 2.05) is 4.90 Å². The van der Waals surface area contributed by atoms with E-state index in [0.29, 0.717) is 24.8 Å². The van der Waals surface area contributed by atoms with Gasteiger partial charge in [-0.1, -0.05) is 6.92 Å². The van der Waals surface area contributed by atoms with Crippen molar-refractivity contribution in [3.8, 4) is 0 Å². The van der Waals surface area contributed by atoms with Crippen molar-refractivity contribution in [1.82, 2.24) is 4.90 Å². The van der Waals surface area contributed by atoms with Gasteiger partial charge in [0.2, 0.25) is 5.91 Å². The van der Waals surface area contributed by atoms with Crippen LogP contribution in [0.5, 0.6) is 0 Å². The quantitative estimate of drug-likeness (QED) is 0.820. The molecule has 1 N–H and O–H groups in total. The van der Waals surface area contributed by atoms with Gasteiger partial charge in [-0.05, 0) is 44.9 Å². The van der Waals surface area contributed by atoms with Crippen molar-refractivity contribution in [3.63, 3.8) is 0 Å². The number of carboxylic acid groups (broad SMARTS) is 1. The third-order valence-corrected chi connectivity index (χ3v) is 4.55. The second-order valence-corrected chi connectivity index (χ2v) is 6.06. The maximum Gasteiger partial charge on any atom is 0.306 e. The van der Waals surface area contributed by atoms with Crippen LogP contribution in [0.4, 0.5) is 0 Å². The zero-order valence-electron chi connectivity index (χ0n) is 11.3. The molecule has 4 nitrogen and oxygen atoms in total. The van der Waals surface area contributed by atoms with E-state index in [1.165, 1.54) is 0 Å². The van der Waals surface area contributed by atoms with Gasteiger partial charge < -0.3 is 10.0 Å². The summed E-state index contributed by atoms with van der Waals surface area (Å²) in [6, 6.07) is 0.310. The summed E-state index contributed by atoms with van der Waals surface area (Å²) in [6.45, 7) is 5.18. The zero-order valence-corrected chi connectivity index (χ0v) is 11.3. The molecule has 4 heteroatoms. The molecule has 4 atom stereocenters. The van der Waals surface area contributed by atoms with Gasteiger partial charge in [-0.25, -0.2) is 0 Å². The predicted octanol–water partition coefficient (Wildman–Crippen LogP) is 2.13. The van der Waals surface area contributed by atoms with Crippen LogP contribution in [0.15, 0.2) is 0 Å². The molecule has 1 aliphatic heterocycles. The molecule has 102 valence electrons. The molecule has 18 heavy (non-hydrogen) atoms. The summed E-state index contributed by atoms with van der Waals surface area (Å²) >= 11 is 0. The number of hydrogen-bond acceptors (Lipinski definition) is 2. The zero-order chi connectivity index (χ0) is 13.3. The third-order valence-electron chi connectivity index (χ3n) is 4.55. The minimum atomic E-state index is -0.745. The van der Waals surface area contributed by atoms with Crippen molar-refractivity contribution in [3.05, 3.63) is 0 Å². The Hall–Kier alpha value is -1.06. The van der Waals surface area contributed by atoms with Crippen molar-refractivity contribution in [2.75, 3.05) is 6.54 Å². The average Bonchev–Trinajstić information content (AvgIpc) is 2.77. The lowest BCUT2D eigenvalue weighted by molar-refractivity contribution is -0.142. The Kier molecular flexibility index (Phi) is 3.93. The number of carbonyl (C=O) groups is 2. The number of carbonyl (C=O) groups excluding carboxylic acids is 1. The Balaban J connectivity index is 1.94. The molecule has 0 spiro atoms. The Bertz CT molecular complexity index is 342. The van der Waals surface area contributed by atoms with E-state index < -0.39 is 5.97 Å². The highest BCUT2D eigenvalue weighted by Gasteiger charge is 2.38. The number of hydrogen-bond donors (Lipinski definition) is 1. The molecule has 2 fully saturated rings. The highest BCUT2D eigenvalue weighted by molar-refractivity contribution is 5.81. The molecule has 0 radical (unpaired) electrons. The largest absolute Gasteiger partial charge is 0.481 e. The van der Waals surface area contributed by atoms with Gasteiger partial charge in [0.15, 0.2) is 0 Å². The molecule has 1 saturated heterocycles. The monoisotopic (exact) mass is 253 g/mol. The molecule has 1 saturated carbocycles. The first-order valence-corrected chi connectivity index (χ1v) is 7.02. The summed E-state index contributed by atoms with van der Waals surface area (Å²) in [5.41, 5.74) is 0. The van der Waals surface area contributed by atoms with E-state index in [0.717, 1.165) is 25.8 Å². The lowest BCUT2D eigenvalue weighted by atomic mass is 9.91. The minimum absolute atomic E-state index is 0.0537. The minimum Gasteiger partial charge on any atom is -0.481 e. The SMILES string of the molecule is CC1CCN(C(=O)C2CCC(C(=O)O)C2)C(C)C1. The maximum absolute atomic E-state index is 12.4. The van der Waals surface area contributed by atoms with Crippen molar-refractivity contribution in [1.29, 1.82) is 0 Å². The second kappa shape index (κ2) is 5.29. The molecule has 1 heterocycles. The van der Waals surface area contributed by atoms with Crippen molar-refractivity contribution < 1.29 is 14.7 Å². The average molecular weight is 253 g/mol. The normalized spacial score (nSPS) is 36.7. The molecule has 0 aromatic rings. The van der Waals surface area contributed by atoms with Crippen LogP contribution in [0, 0.1) is 17.8 Å². The molecule has 4 unspecified atom stereocenters. The fraction of sp³-hybridized carbons (Fsp3) is 0.857. The van der Waals surface area contributed by atoms with Crippen molar-refractivity contribution in [2.24, 2.45) is 17.8 Å². The van der Waals surface area contributed by atoms with Crippen LogP contribution in [0.1, 0.15) is 46.0 Å². The molecular formula is C14H23NO3. The molecule has 0 aromatic heterocycles. The summed E-state index contributed by atoms with van der Waals surface area (Å²) < 4.78 is 0. The van der Waals surface area contributed by atoms with Gasteiger partial charge in [-0.2, -0.15) is 0 Å². The van der Waals surface area contributed by atoms with Gasteiger partial charge in [0.25, 0.3) is 0 Å². The van der Waals surface area contributed by atoms with Crippen LogP contribution >= 0.6 is 0 Å². The van der Waals surface area contributed by atoms with E-state index in [1.54, 1.807) is 0 Å². The third kappa shape index (κ3) is 2.68. The number of carboxylic acids is 1. The fourth-order valence-corrected chi connectivity index (χ4v) is 3.40. The van der Waals surface area contributed by atoms with E-state index in [-0.39, 0.29) is 17.7 Å². The maximum atomic E-state index is 12.4. The first-order valence-electron chi connectivity index (χ1n) is 7.02. The topological polar surface area (TPSA) is 57.6 Å². The van der Waals surface area contributed by atoms with Gasteiger partial charge >= 0.3 is 5.97 Å². The van der Waals surface area contributed by atoms with Gasteiger partial charge in [0.1, 0.15) is 0 Å². The molecule has 1 aliphatic carbocycles. The van der Waals surface area contributed by atoms with Crippen LogP contribution in [0.3, 0.4) is 0 Å². The molecule has 0 aromatic carbocycles.